The Bertz CT molecular complexity index is 680. The summed E-state index contributed by atoms with van der Waals surface area (Å²) in [5, 5.41) is 24.3. The smallest absolute Gasteiger partial charge is 0.216 e. The van der Waals surface area contributed by atoms with Gasteiger partial charge in [0, 0.05) is 5.41 Å². The average molecular weight is 290 g/mol. The lowest BCUT2D eigenvalue weighted by Crippen LogP contribution is -2.29. The highest BCUT2D eigenvalue weighted by Gasteiger charge is 2.38. The van der Waals surface area contributed by atoms with Crippen LogP contribution in [0.3, 0.4) is 0 Å². The van der Waals surface area contributed by atoms with Crippen LogP contribution in [0.4, 0.5) is 0 Å². The van der Waals surface area contributed by atoms with Gasteiger partial charge in [-0.05, 0) is 36.4 Å². The number of phenols is 1. The van der Waals surface area contributed by atoms with Crippen molar-refractivity contribution in [1.82, 2.24) is 14.9 Å². The lowest BCUT2D eigenvalue weighted by atomic mass is 10.2. The van der Waals surface area contributed by atoms with Gasteiger partial charge in [-0.1, -0.05) is 23.9 Å². The Morgan fingerprint density at radius 3 is 2.79 bits per heavy atom. The van der Waals surface area contributed by atoms with E-state index in [9.17, 15) is 5.11 Å². The van der Waals surface area contributed by atoms with E-state index >= 15 is 0 Å². The van der Waals surface area contributed by atoms with Gasteiger partial charge in [0.2, 0.25) is 5.16 Å². The summed E-state index contributed by atoms with van der Waals surface area (Å²) in [6.45, 7) is 1.96. The van der Waals surface area contributed by atoms with E-state index in [1.165, 1.54) is 5.03 Å². The first-order valence-electron chi connectivity index (χ1n) is 5.78. The van der Waals surface area contributed by atoms with Crippen LogP contribution < -0.4 is 5.01 Å². The molecule has 7 heteroatoms. The number of hydrogen-bond acceptors (Lipinski definition) is 6. The number of benzene rings is 1. The second kappa shape index (κ2) is 3.94. The minimum Gasteiger partial charge on any atom is -0.508 e. The number of hydrogen-bond donors (Lipinski definition) is 1. The van der Waals surface area contributed by atoms with E-state index in [-0.39, 0.29) is 11.1 Å². The fourth-order valence-electron chi connectivity index (χ4n) is 2.23. The van der Waals surface area contributed by atoms with E-state index in [0.717, 1.165) is 16.5 Å². The van der Waals surface area contributed by atoms with Crippen LogP contribution in [0.2, 0.25) is 0 Å². The third-order valence-electron chi connectivity index (χ3n) is 3.10. The van der Waals surface area contributed by atoms with Crippen molar-refractivity contribution in [3.63, 3.8) is 0 Å². The summed E-state index contributed by atoms with van der Waals surface area (Å²) in [6.07, 6.45) is 0. The molecule has 0 unspecified atom stereocenters. The number of nitrogens with zero attached hydrogens (tertiary/aromatic N) is 4. The van der Waals surface area contributed by atoms with Crippen LogP contribution in [-0.2, 0) is 0 Å². The molecule has 96 valence electrons. The quantitative estimate of drug-likeness (QED) is 0.871. The van der Waals surface area contributed by atoms with Gasteiger partial charge in [-0.25, -0.2) is 4.68 Å². The Labute approximate surface area is 118 Å². The van der Waals surface area contributed by atoms with Gasteiger partial charge in [-0.15, -0.1) is 10.2 Å². The van der Waals surface area contributed by atoms with Crippen LogP contribution in [0.25, 0.3) is 0 Å². The maximum atomic E-state index is 9.39. The molecule has 5 nitrogen and oxygen atoms in total. The van der Waals surface area contributed by atoms with E-state index in [4.69, 9.17) is 0 Å². The molecule has 4 rings (SSSR count). The predicted octanol–water partition coefficient (Wildman–Crippen LogP) is 2.58. The number of phenolic OH excluding ortho intramolecular Hbond substituents is 1. The molecule has 0 fully saturated rings. The van der Waals surface area contributed by atoms with Crippen LogP contribution in [0, 0.1) is 6.92 Å². The lowest BCUT2D eigenvalue weighted by molar-refractivity contribution is 0.475. The van der Waals surface area contributed by atoms with Crippen LogP contribution >= 0.6 is 23.5 Å². The molecule has 2 aliphatic heterocycles. The maximum Gasteiger partial charge on any atom is 0.216 e. The Hall–Kier alpha value is -1.60. The first-order valence-corrected chi connectivity index (χ1v) is 7.54. The zero-order valence-electron chi connectivity index (χ0n) is 10.0. The van der Waals surface area contributed by atoms with E-state index < -0.39 is 0 Å². The number of rotatable bonds is 1. The summed E-state index contributed by atoms with van der Waals surface area (Å²) >= 11 is 3.39. The normalized spacial score (nSPS) is 20.4. The summed E-state index contributed by atoms with van der Waals surface area (Å²) in [5.74, 6) is 1.18. The predicted molar refractivity (Wildman–Crippen MR) is 75.4 cm³/mol. The SMILES string of the molecule is Cc1nnc2n1N1C(=CS[C@H]1c1ccc(O)cc1)S2. The molecule has 0 saturated heterocycles. The van der Waals surface area contributed by atoms with Crippen LogP contribution in [-0.4, -0.2) is 20.0 Å². The molecule has 0 amide bonds. The molecule has 1 N–H and O–H groups in total. The number of aromatic hydroxyl groups is 1. The largest absolute Gasteiger partial charge is 0.508 e. The van der Waals surface area contributed by atoms with E-state index in [0.29, 0.717) is 0 Å². The van der Waals surface area contributed by atoms with Gasteiger partial charge in [0.15, 0.2) is 5.82 Å². The molecule has 0 bridgehead atoms. The molecule has 1 aromatic heterocycles. The van der Waals surface area contributed by atoms with E-state index in [1.54, 1.807) is 35.7 Å². The highest BCUT2D eigenvalue weighted by molar-refractivity contribution is 8.07. The van der Waals surface area contributed by atoms with Gasteiger partial charge < -0.3 is 5.11 Å². The summed E-state index contributed by atoms with van der Waals surface area (Å²) < 4.78 is 2.05. The molecule has 1 atom stereocenters. The van der Waals surface area contributed by atoms with Gasteiger partial charge in [0.05, 0.1) is 0 Å². The van der Waals surface area contributed by atoms with Crippen molar-refractivity contribution in [2.45, 2.75) is 17.5 Å². The van der Waals surface area contributed by atoms with Gasteiger partial charge >= 0.3 is 0 Å². The fraction of sp³-hybridized carbons (Fsp3) is 0.167. The number of aryl methyl sites for hydroxylation is 1. The Balaban J connectivity index is 1.77. The van der Waals surface area contributed by atoms with E-state index in [2.05, 4.69) is 20.6 Å². The topological polar surface area (TPSA) is 54.2 Å². The van der Waals surface area contributed by atoms with Crippen molar-refractivity contribution in [1.29, 1.82) is 0 Å². The van der Waals surface area contributed by atoms with Crippen molar-refractivity contribution < 1.29 is 5.11 Å². The summed E-state index contributed by atoms with van der Waals surface area (Å²) in [4.78, 5) is 0. The van der Waals surface area contributed by atoms with Crippen molar-refractivity contribution in [2.75, 3.05) is 5.01 Å². The molecule has 0 spiro atoms. The fourth-order valence-corrected chi connectivity index (χ4v) is 4.50. The Kier molecular flexibility index (Phi) is 2.33. The number of fused-ring (bicyclic) bond motifs is 3. The standard InChI is InChI=1S/C12H10N4OS2/c1-7-13-14-12-15(7)16-10(19-12)6-18-11(16)8-2-4-9(17)5-3-8/h2-6,11,17H,1H3/t11-/m0/s1. The molecule has 3 heterocycles. The minimum atomic E-state index is 0.166. The molecule has 2 aliphatic rings. The maximum absolute atomic E-state index is 9.39. The van der Waals surface area contributed by atoms with Gasteiger partial charge in [-0.2, -0.15) is 0 Å². The molecule has 19 heavy (non-hydrogen) atoms. The van der Waals surface area contributed by atoms with Crippen LogP contribution in [0.15, 0.2) is 39.9 Å². The van der Waals surface area contributed by atoms with Crippen molar-refractivity contribution in [3.05, 3.63) is 46.1 Å². The van der Waals surface area contributed by atoms with Gasteiger partial charge in [-0.3, -0.25) is 5.01 Å². The van der Waals surface area contributed by atoms with E-state index in [1.807, 2.05) is 23.7 Å². The lowest BCUT2D eigenvalue weighted by Gasteiger charge is -2.25. The monoisotopic (exact) mass is 290 g/mol. The zero-order valence-corrected chi connectivity index (χ0v) is 11.6. The van der Waals surface area contributed by atoms with Crippen LogP contribution in [0.1, 0.15) is 16.8 Å². The first kappa shape index (κ1) is 11.2. The average Bonchev–Trinajstić information content (AvgIpc) is 3.03. The van der Waals surface area contributed by atoms with Crippen molar-refractivity contribution in [2.24, 2.45) is 0 Å². The number of thioether (sulfide) groups is 2. The molecule has 0 saturated carbocycles. The van der Waals surface area contributed by atoms with Crippen molar-refractivity contribution in [3.8, 4) is 5.75 Å². The minimum absolute atomic E-state index is 0.166. The van der Waals surface area contributed by atoms with Gasteiger partial charge in [0.1, 0.15) is 16.2 Å². The summed E-state index contributed by atoms with van der Waals surface area (Å²) in [5.41, 5.74) is 1.15. The molecule has 0 radical (unpaired) electrons. The molecule has 2 aromatic rings. The second-order valence-corrected chi connectivity index (χ2v) is 6.27. The third kappa shape index (κ3) is 1.58. The number of aromatic nitrogens is 3. The summed E-state index contributed by atoms with van der Waals surface area (Å²) in [7, 11) is 0. The molecular weight excluding hydrogens is 280 g/mol. The zero-order chi connectivity index (χ0) is 13.0. The highest BCUT2D eigenvalue weighted by atomic mass is 32.2. The Morgan fingerprint density at radius 2 is 2.00 bits per heavy atom. The van der Waals surface area contributed by atoms with Crippen LogP contribution in [0.5, 0.6) is 5.75 Å². The first-order chi connectivity index (χ1) is 9.24. The van der Waals surface area contributed by atoms with Gasteiger partial charge in [0.25, 0.3) is 0 Å². The summed E-state index contributed by atoms with van der Waals surface area (Å²) in [6, 6.07) is 7.34. The highest BCUT2D eigenvalue weighted by Crippen LogP contribution is 2.51. The third-order valence-corrected chi connectivity index (χ3v) is 5.29. The molecule has 1 aromatic carbocycles. The Morgan fingerprint density at radius 1 is 1.21 bits per heavy atom. The second-order valence-electron chi connectivity index (χ2n) is 4.32. The molecular formula is C12H10N4OS2. The van der Waals surface area contributed by atoms with Crippen molar-refractivity contribution >= 4 is 23.5 Å². The molecule has 0 aliphatic carbocycles.